The molecule has 0 radical (unpaired) electrons. The van der Waals surface area contributed by atoms with E-state index in [1.54, 1.807) is 38.1 Å². The maximum Gasteiger partial charge on any atom is 0.269 e. The summed E-state index contributed by atoms with van der Waals surface area (Å²) in [7, 11) is -3.79. The number of rotatable bonds is 2. The quantitative estimate of drug-likeness (QED) is 0.848. The van der Waals surface area contributed by atoms with E-state index in [4.69, 9.17) is 4.52 Å². The van der Waals surface area contributed by atoms with E-state index < -0.39 is 10.0 Å². The molecule has 0 saturated heterocycles. The maximum absolute atomic E-state index is 12.9. The number of hydrogen-bond donors (Lipinski definition) is 0. The number of Topliss-reactive ketones (excluding diaryl/α,β-unsaturated/α-hetero) is 1. The molecule has 0 fully saturated rings. The van der Waals surface area contributed by atoms with E-state index in [1.807, 2.05) is 0 Å². The van der Waals surface area contributed by atoms with Crippen LogP contribution >= 0.6 is 0 Å². The van der Waals surface area contributed by atoms with Gasteiger partial charge >= 0.3 is 0 Å². The summed E-state index contributed by atoms with van der Waals surface area (Å²) in [5.74, 6) is 0.206. The second-order valence-electron chi connectivity index (χ2n) is 4.92. The van der Waals surface area contributed by atoms with Crippen molar-refractivity contribution in [2.45, 2.75) is 25.2 Å². The van der Waals surface area contributed by atoms with Crippen molar-refractivity contribution in [2.75, 3.05) is 10.8 Å². The molecule has 7 heteroatoms. The van der Waals surface area contributed by atoms with Gasteiger partial charge in [-0.25, -0.2) is 8.42 Å². The summed E-state index contributed by atoms with van der Waals surface area (Å²) in [4.78, 5) is 12.0. The minimum absolute atomic E-state index is 0.0455. The Kier molecular flexibility index (Phi) is 3.09. The van der Waals surface area contributed by atoms with Crippen LogP contribution in [0.1, 0.15) is 28.2 Å². The first-order valence-electron chi connectivity index (χ1n) is 6.51. The van der Waals surface area contributed by atoms with Crippen molar-refractivity contribution < 1.29 is 17.7 Å². The number of nitrogens with zero attached hydrogens (tertiary/aromatic N) is 2. The smallest absolute Gasteiger partial charge is 0.269 e. The zero-order valence-electron chi connectivity index (χ0n) is 11.7. The minimum atomic E-state index is -3.79. The monoisotopic (exact) mass is 306 g/mol. The van der Waals surface area contributed by atoms with Gasteiger partial charge in [0.15, 0.2) is 16.4 Å². The molecule has 0 aliphatic carbocycles. The molecule has 110 valence electrons. The fourth-order valence-electron chi connectivity index (χ4n) is 2.59. The highest BCUT2D eigenvalue weighted by Gasteiger charge is 2.35. The number of benzene rings is 1. The Morgan fingerprint density at radius 2 is 1.95 bits per heavy atom. The van der Waals surface area contributed by atoms with Gasteiger partial charge in [0.05, 0.1) is 5.69 Å². The number of aryl methyl sites for hydroxylation is 2. The van der Waals surface area contributed by atoms with Crippen LogP contribution < -0.4 is 4.31 Å². The molecule has 0 amide bonds. The lowest BCUT2D eigenvalue weighted by atomic mass is 10.0. The summed E-state index contributed by atoms with van der Waals surface area (Å²) in [6.07, 6.45) is 0.166. The number of carbonyl (C=O) groups excluding carboxylic acids is 1. The van der Waals surface area contributed by atoms with Crippen molar-refractivity contribution in [3.8, 4) is 0 Å². The first kappa shape index (κ1) is 13.8. The molecule has 1 aliphatic heterocycles. The number of ketones is 1. The molecule has 21 heavy (non-hydrogen) atoms. The van der Waals surface area contributed by atoms with Gasteiger partial charge in [-0.15, -0.1) is 0 Å². The third kappa shape index (κ3) is 2.04. The molecule has 0 atom stereocenters. The second kappa shape index (κ2) is 4.70. The SMILES string of the molecule is Cc1noc(C)c1S(=O)(=O)N1CCC(=O)c2ccccc21. The molecule has 3 rings (SSSR count). The highest BCUT2D eigenvalue weighted by Crippen LogP contribution is 2.33. The molecule has 1 aromatic heterocycles. The summed E-state index contributed by atoms with van der Waals surface area (Å²) in [6.45, 7) is 3.28. The Labute approximate surface area is 122 Å². The number of fused-ring (bicyclic) bond motifs is 1. The van der Waals surface area contributed by atoms with Crippen LogP contribution in [0.2, 0.25) is 0 Å². The molecule has 0 saturated carbocycles. The number of anilines is 1. The Balaban J connectivity index is 2.18. The van der Waals surface area contributed by atoms with Gasteiger partial charge in [0.2, 0.25) is 0 Å². The first-order valence-corrected chi connectivity index (χ1v) is 7.95. The van der Waals surface area contributed by atoms with Gasteiger partial charge in [-0.3, -0.25) is 9.10 Å². The van der Waals surface area contributed by atoms with Crippen LogP contribution in [0.3, 0.4) is 0 Å². The second-order valence-corrected chi connectivity index (χ2v) is 6.72. The predicted octanol–water partition coefficient (Wildman–Crippen LogP) is 2.07. The largest absolute Gasteiger partial charge is 0.360 e. The van der Waals surface area contributed by atoms with Gasteiger partial charge in [-0.2, -0.15) is 0 Å². The molecular formula is C14H14N2O4S. The van der Waals surface area contributed by atoms with Gasteiger partial charge in [-0.05, 0) is 26.0 Å². The lowest BCUT2D eigenvalue weighted by Crippen LogP contribution is -2.37. The van der Waals surface area contributed by atoms with Gasteiger partial charge < -0.3 is 4.52 Å². The highest BCUT2D eigenvalue weighted by molar-refractivity contribution is 7.93. The minimum Gasteiger partial charge on any atom is -0.360 e. The van der Waals surface area contributed by atoms with Crippen LogP contribution in [-0.4, -0.2) is 25.9 Å². The van der Waals surface area contributed by atoms with Crippen molar-refractivity contribution in [1.29, 1.82) is 0 Å². The van der Waals surface area contributed by atoms with E-state index in [0.717, 1.165) is 0 Å². The lowest BCUT2D eigenvalue weighted by molar-refractivity contribution is 0.0982. The Bertz CT molecular complexity index is 804. The summed E-state index contributed by atoms with van der Waals surface area (Å²) >= 11 is 0. The highest BCUT2D eigenvalue weighted by atomic mass is 32.2. The first-order chi connectivity index (χ1) is 9.93. The fraction of sp³-hybridized carbons (Fsp3) is 0.286. The van der Waals surface area contributed by atoms with Gasteiger partial charge in [0.25, 0.3) is 10.0 Å². The number of sulfonamides is 1. The fourth-order valence-corrected chi connectivity index (χ4v) is 4.37. The van der Waals surface area contributed by atoms with Crippen LogP contribution in [0.5, 0.6) is 0 Å². The van der Waals surface area contributed by atoms with Crippen molar-refractivity contribution in [3.05, 3.63) is 41.3 Å². The number of para-hydroxylation sites is 1. The average Bonchev–Trinajstić information content (AvgIpc) is 2.79. The number of aromatic nitrogens is 1. The van der Waals surface area contributed by atoms with Crippen molar-refractivity contribution in [3.63, 3.8) is 0 Å². The molecule has 6 nitrogen and oxygen atoms in total. The Hall–Kier alpha value is -2.15. The van der Waals surface area contributed by atoms with Crippen LogP contribution in [0, 0.1) is 13.8 Å². The molecule has 0 bridgehead atoms. The van der Waals surface area contributed by atoms with E-state index in [-0.39, 0.29) is 29.4 Å². The summed E-state index contributed by atoms with van der Waals surface area (Å²) in [6, 6.07) is 6.73. The van der Waals surface area contributed by atoms with Crippen LogP contribution in [0.15, 0.2) is 33.7 Å². The van der Waals surface area contributed by atoms with Crippen molar-refractivity contribution in [2.24, 2.45) is 0 Å². The molecule has 1 aliphatic rings. The van der Waals surface area contributed by atoms with Crippen LogP contribution in [0.25, 0.3) is 0 Å². The summed E-state index contributed by atoms with van der Waals surface area (Å²) in [5, 5.41) is 3.70. The zero-order chi connectivity index (χ0) is 15.2. The Morgan fingerprint density at radius 1 is 1.24 bits per heavy atom. The van der Waals surface area contributed by atoms with Gasteiger partial charge in [0, 0.05) is 18.5 Å². The third-order valence-corrected chi connectivity index (χ3v) is 5.59. The summed E-state index contributed by atoms with van der Waals surface area (Å²) in [5.41, 5.74) is 1.16. The molecule has 2 aromatic rings. The van der Waals surface area contributed by atoms with E-state index >= 15 is 0 Å². The van der Waals surface area contributed by atoms with E-state index in [9.17, 15) is 13.2 Å². The van der Waals surface area contributed by atoms with Crippen molar-refractivity contribution >= 4 is 21.5 Å². The van der Waals surface area contributed by atoms with Crippen LogP contribution in [0.4, 0.5) is 5.69 Å². The van der Waals surface area contributed by atoms with Crippen molar-refractivity contribution in [1.82, 2.24) is 5.16 Å². The third-order valence-electron chi connectivity index (χ3n) is 3.53. The number of carbonyl (C=O) groups is 1. The standard InChI is InChI=1S/C14H14N2O4S/c1-9-14(10(2)20-15-9)21(18,19)16-8-7-13(17)11-5-3-4-6-12(11)16/h3-6H,7-8H2,1-2H3. The molecule has 1 aromatic carbocycles. The predicted molar refractivity (Wildman–Crippen MR) is 75.9 cm³/mol. The van der Waals surface area contributed by atoms with E-state index in [1.165, 1.54) is 4.31 Å². The molecular weight excluding hydrogens is 292 g/mol. The zero-order valence-corrected chi connectivity index (χ0v) is 12.5. The number of hydrogen-bond acceptors (Lipinski definition) is 5. The normalized spacial score (nSPS) is 15.1. The van der Waals surface area contributed by atoms with Crippen LogP contribution in [-0.2, 0) is 10.0 Å². The molecule has 2 heterocycles. The van der Waals surface area contributed by atoms with Gasteiger partial charge in [0.1, 0.15) is 5.69 Å². The average molecular weight is 306 g/mol. The molecule has 0 spiro atoms. The molecule has 0 N–H and O–H groups in total. The van der Waals surface area contributed by atoms with E-state index in [2.05, 4.69) is 5.16 Å². The van der Waals surface area contributed by atoms with E-state index in [0.29, 0.717) is 16.9 Å². The maximum atomic E-state index is 12.9. The lowest BCUT2D eigenvalue weighted by Gasteiger charge is -2.29. The topological polar surface area (TPSA) is 80.5 Å². The van der Waals surface area contributed by atoms with Gasteiger partial charge in [-0.1, -0.05) is 17.3 Å². The summed E-state index contributed by atoms with van der Waals surface area (Å²) < 4.78 is 32.0. The molecule has 0 unspecified atom stereocenters. The Morgan fingerprint density at radius 3 is 2.62 bits per heavy atom.